The van der Waals surface area contributed by atoms with Crippen molar-refractivity contribution in [2.24, 2.45) is 0 Å². The molecule has 0 bridgehead atoms. The molecule has 0 spiro atoms. The summed E-state index contributed by atoms with van der Waals surface area (Å²) in [6.07, 6.45) is 4.39. The summed E-state index contributed by atoms with van der Waals surface area (Å²) in [5.74, 6) is 0.840. The maximum Gasteiger partial charge on any atom is 0.141 e. The average molecular weight is 236 g/mol. The maximum atomic E-state index is 5.91. The van der Waals surface area contributed by atoms with Crippen LogP contribution >= 0.6 is 0 Å². The predicted molar refractivity (Wildman–Crippen MR) is 66.3 cm³/mol. The van der Waals surface area contributed by atoms with E-state index < -0.39 is 0 Å². The molecule has 1 aromatic heterocycles. The summed E-state index contributed by atoms with van der Waals surface area (Å²) in [4.78, 5) is 4.21. The number of pyridine rings is 1. The molecule has 0 amide bonds. The zero-order chi connectivity index (χ0) is 12.1. The van der Waals surface area contributed by atoms with Gasteiger partial charge in [0.05, 0.1) is 12.3 Å². The van der Waals surface area contributed by atoms with Gasteiger partial charge >= 0.3 is 0 Å². The first-order chi connectivity index (χ1) is 8.29. The Morgan fingerprint density at radius 1 is 1.53 bits per heavy atom. The standard InChI is InChI=1S/C13H20N2O2/c1-10-13(4-3-7-14-10)17-12(9-16-2)8-15-11-5-6-11/h3-4,7,11-12,15H,5-6,8-9H2,1-2H3. The van der Waals surface area contributed by atoms with Crippen LogP contribution < -0.4 is 10.1 Å². The fourth-order valence-electron chi connectivity index (χ4n) is 1.68. The molecular formula is C13H20N2O2. The van der Waals surface area contributed by atoms with Crippen LogP contribution in [-0.2, 0) is 4.74 Å². The van der Waals surface area contributed by atoms with Crippen LogP contribution in [0.25, 0.3) is 0 Å². The van der Waals surface area contributed by atoms with E-state index in [1.807, 2.05) is 19.1 Å². The number of rotatable bonds is 7. The van der Waals surface area contributed by atoms with Crippen LogP contribution in [0.5, 0.6) is 5.75 Å². The normalized spacial score (nSPS) is 16.8. The molecule has 1 atom stereocenters. The lowest BCUT2D eigenvalue weighted by Gasteiger charge is -2.19. The second kappa shape index (κ2) is 5.98. The highest BCUT2D eigenvalue weighted by Gasteiger charge is 2.22. The zero-order valence-electron chi connectivity index (χ0n) is 10.5. The topological polar surface area (TPSA) is 43.4 Å². The number of methoxy groups -OCH3 is 1. The summed E-state index contributed by atoms with van der Waals surface area (Å²) in [6, 6.07) is 4.52. The van der Waals surface area contributed by atoms with Gasteiger partial charge in [-0.05, 0) is 31.9 Å². The third-order valence-corrected chi connectivity index (χ3v) is 2.82. The molecule has 0 aliphatic heterocycles. The summed E-state index contributed by atoms with van der Waals surface area (Å²) in [6.45, 7) is 3.37. The Morgan fingerprint density at radius 3 is 3.00 bits per heavy atom. The van der Waals surface area contributed by atoms with Crippen LogP contribution in [0.15, 0.2) is 18.3 Å². The Hall–Kier alpha value is -1.13. The lowest BCUT2D eigenvalue weighted by molar-refractivity contribution is 0.0796. The molecule has 1 aliphatic rings. The molecule has 4 heteroatoms. The second-order valence-corrected chi connectivity index (χ2v) is 4.46. The van der Waals surface area contributed by atoms with Gasteiger partial charge in [0.2, 0.25) is 0 Å². The number of hydrogen-bond acceptors (Lipinski definition) is 4. The molecule has 94 valence electrons. The van der Waals surface area contributed by atoms with Gasteiger partial charge in [-0.15, -0.1) is 0 Å². The number of hydrogen-bond donors (Lipinski definition) is 1. The van der Waals surface area contributed by atoms with E-state index in [-0.39, 0.29) is 6.10 Å². The van der Waals surface area contributed by atoms with Gasteiger partial charge in [0, 0.05) is 25.9 Å². The van der Waals surface area contributed by atoms with E-state index in [1.165, 1.54) is 12.8 Å². The molecule has 0 saturated heterocycles. The van der Waals surface area contributed by atoms with E-state index >= 15 is 0 Å². The monoisotopic (exact) mass is 236 g/mol. The third-order valence-electron chi connectivity index (χ3n) is 2.82. The minimum Gasteiger partial charge on any atom is -0.485 e. The highest BCUT2D eigenvalue weighted by molar-refractivity contribution is 5.25. The highest BCUT2D eigenvalue weighted by Crippen LogP contribution is 2.19. The van der Waals surface area contributed by atoms with Crippen molar-refractivity contribution < 1.29 is 9.47 Å². The molecule has 17 heavy (non-hydrogen) atoms. The van der Waals surface area contributed by atoms with Crippen molar-refractivity contribution in [1.29, 1.82) is 0 Å². The average Bonchev–Trinajstić information content (AvgIpc) is 3.13. The number of nitrogens with one attached hydrogen (secondary N) is 1. The first-order valence-corrected chi connectivity index (χ1v) is 6.10. The predicted octanol–water partition coefficient (Wildman–Crippen LogP) is 1.54. The zero-order valence-corrected chi connectivity index (χ0v) is 10.5. The molecule has 1 aliphatic carbocycles. The number of aryl methyl sites for hydroxylation is 1. The molecule has 1 N–H and O–H groups in total. The smallest absolute Gasteiger partial charge is 0.141 e. The van der Waals surface area contributed by atoms with Crippen molar-refractivity contribution in [2.45, 2.75) is 31.9 Å². The van der Waals surface area contributed by atoms with E-state index in [4.69, 9.17) is 9.47 Å². The molecule has 1 aromatic rings. The molecular weight excluding hydrogens is 216 g/mol. The summed E-state index contributed by atoms with van der Waals surface area (Å²) >= 11 is 0. The number of ether oxygens (including phenoxy) is 2. The van der Waals surface area contributed by atoms with Crippen molar-refractivity contribution >= 4 is 0 Å². The fraction of sp³-hybridized carbons (Fsp3) is 0.615. The molecule has 0 aromatic carbocycles. The van der Waals surface area contributed by atoms with Crippen LogP contribution in [0.2, 0.25) is 0 Å². The summed E-state index contributed by atoms with van der Waals surface area (Å²) in [7, 11) is 1.70. The molecule has 4 nitrogen and oxygen atoms in total. The Labute approximate surface area is 102 Å². The van der Waals surface area contributed by atoms with Gasteiger partial charge in [0.25, 0.3) is 0 Å². The Kier molecular flexibility index (Phi) is 4.34. The van der Waals surface area contributed by atoms with Crippen LogP contribution in [0, 0.1) is 6.92 Å². The van der Waals surface area contributed by atoms with Crippen molar-refractivity contribution in [3.63, 3.8) is 0 Å². The lowest BCUT2D eigenvalue weighted by Crippen LogP contribution is -2.36. The van der Waals surface area contributed by atoms with Gasteiger partial charge in [-0.25, -0.2) is 0 Å². The Bertz CT molecular complexity index is 353. The molecule has 1 fully saturated rings. The van der Waals surface area contributed by atoms with Gasteiger partial charge in [0.15, 0.2) is 0 Å². The van der Waals surface area contributed by atoms with Gasteiger partial charge < -0.3 is 14.8 Å². The molecule has 1 saturated carbocycles. The van der Waals surface area contributed by atoms with E-state index in [0.29, 0.717) is 12.6 Å². The fourth-order valence-corrected chi connectivity index (χ4v) is 1.68. The van der Waals surface area contributed by atoms with Crippen molar-refractivity contribution in [3.8, 4) is 5.75 Å². The molecule has 1 unspecified atom stereocenters. The third kappa shape index (κ3) is 3.98. The van der Waals surface area contributed by atoms with Crippen LogP contribution in [0.4, 0.5) is 0 Å². The molecule has 0 radical (unpaired) electrons. The minimum absolute atomic E-state index is 0.0449. The van der Waals surface area contributed by atoms with Gasteiger partial charge in [-0.1, -0.05) is 0 Å². The number of nitrogens with zero attached hydrogens (tertiary/aromatic N) is 1. The quantitative estimate of drug-likeness (QED) is 0.780. The Balaban J connectivity index is 1.88. The summed E-state index contributed by atoms with van der Waals surface area (Å²) in [5.41, 5.74) is 0.917. The van der Waals surface area contributed by atoms with E-state index in [1.54, 1.807) is 13.3 Å². The van der Waals surface area contributed by atoms with Gasteiger partial charge in [0.1, 0.15) is 11.9 Å². The number of aromatic nitrogens is 1. The minimum atomic E-state index is 0.0449. The van der Waals surface area contributed by atoms with Crippen molar-refractivity contribution in [3.05, 3.63) is 24.0 Å². The first kappa shape index (κ1) is 12.3. The summed E-state index contributed by atoms with van der Waals surface area (Å²) in [5, 5.41) is 3.46. The molecule has 1 heterocycles. The lowest BCUT2D eigenvalue weighted by atomic mass is 10.3. The van der Waals surface area contributed by atoms with Crippen LogP contribution in [-0.4, -0.2) is 37.4 Å². The van der Waals surface area contributed by atoms with E-state index in [9.17, 15) is 0 Å². The van der Waals surface area contributed by atoms with Crippen molar-refractivity contribution in [2.75, 3.05) is 20.3 Å². The maximum absolute atomic E-state index is 5.91. The van der Waals surface area contributed by atoms with Crippen molar-refractivity contribution in [1.82, 2.24) is 10.3 Å². The van der Waals surface area contributed by atoms with Gasteiger partial charge in [-0.2, -0.15) is 0 Å². The SMILES string of the molecule is COCC(CNC1CC1)Oc1cccnc1C. The van der Waals surface area contributed by atoms with E-state index in [2.05, 4.69) is 10.3 Å². The summed E-state index contributed by atoms with van der Waals surface area (Å²) < 4.78 is 11.1. The largest absolute Gasteiger partial charge is 0.485 e. The van der Waals surface area contributed by atoms with Crippen LogP contribution in [0.3, 0.4) is 0 Å². The second-order valence-electron chi connectivity index (χ2n) is 4.46. The first-order valence-electron chi connectivity index (χ1n) is 6.10. The van der Waals surface area contributed by atoms with Gasteiger partial charge in [-0.3, -0.25) is 4.98 Å². The Morgan fingerprint density at radius 2 is 2.35 bits per heavy atom. The highest BCUT2D eigenvalue weighted by atomic mass is 16.5. The van der Waals surface area contributed by atoms with E-state index in [0.717, 1.165) is 18.0 Å². The molecule has 2 rings (SSSR count). The van der Waals surface area contributed by atoms with Crippen LogP contribution in [0.1, 0.15) is 18.5 Å².